The SMILES string of the molecule is CCOc1nc(N)nc(NCCCCCCSC)n1. The zero-order valence-electron chi connectivity index (χ0n) is 11.7. The lowest BCUT2D eigenvalue weighted by molar-refractivity contribution is 0.312. The van der Waals surface area contributed by atoms with Crippen molar-refractivity contribution in [3.8, 4) is 6.01 Å². The van der Waals surface area contributed by atoms with Crippen LogP contribution >= 0.6 is 11.8 Å². The Kier molecular flexibility index (Phi) is 8.04. The predicted octanol–water partition coefficient (Wildman–Crippen LogP) is 2.19. The number of nitrogen functional groups attached to an aromatic ring is 1. The molecule has 0 bridgehead atoms. The fraction of sp³-hybridized carbons (Fsp3) is 0.750. The summed E-state index contributed by atoms with van der Waals surface area (Å²) in [6.45, 7) is 3.23. The van der Waals surface area contributed by atoms with Gasteiger partial charge in [-0.15, -0.1) is 0 Å². The summed E-state index contributed by atoms with van der Waals surface area (Å²) in [5, 5.41) is 3.15. The third-order valence-electron chi connectivity index (χ3n) is 2.46. The first-order valence-electron chi connectivity index (χ1n) is 6.63. The first-order valence-corrected chi connectivity index (χ1v) is 8.02. The zero-order chi connectivity index (χ0) is 13.9. The lowest BCUT2D eigenvalue weighted by Gasteiger charge is -2.07. The summed E-state index contributed by atoms with van der Waals surface area (Å²) in [4.78, 5) is 12.0. The van der Waals surface area contributed by atoms with E-state index in [-0.39, 0.29) is 12.0 Å². The molecule has 0 fully saturated rings. The summed E-state index contributed by atoms with van der Waals surface area (Å²) < 4.78 is 5.21. The number of anilines is 2. The molecule has 1 aromatic rings. The highest BCUT2D eigenvalue weighted by Gasteiger charge is 2.04. The van der Waals surface area contributed by atoms with Crippen molar-refractivity contribution in [1.29, 1.82) is 0 Å². The number of nitrogens with zero attached hydrogens (tertiary/aromatic N) is 3. The lowest BCUT2D eigenvalue weighted by atomic mass is 10.2. The molecule has 0 radical (unpaired) electrons. The molecule has 0 saturated carbocycles. The molecule has 1 heterocycles. The molecule has 0 aliphatic rings. The van der Waals surface area contributed by atoms with Gasteiger partial charge < -0.3 is 15.8 Å². The monoisotopic (exact) mass is 285 g/mol. The van der Waals surface area contributed by atoms with Crippen LogP contribution in [-0.4, -0.2) is 40.1 Å². The van der Waals surface area contributed by atoms with Crippen LogP contribution in [0.3, 0.4) is 0 Å². The van der Waals surface area contributed by atoms with Gasteiger partial charge in [-0.2, -0.15) is 26.7 Å². The molecular formula is C12H23N5OS. The molecule has 19 heavy (non-hydrogen) atoms. The molecule has 108 valence electrons. The molecule has 0 aliphatic heterocycles. The van der Waals surface area contributed by atoms with Gasteiger partial charge in [-0.25, -0.2) is 0 Å². The first kappa shape index (κ1) is 15.8. The van der Waals surface area contributed by atoms with E-state index in [0.717, 1.165) is 13.0 Å². The maximum atomic E-state index is 5.59. The van der Waals surface area contributed by atoms with Gasteiger partial charge in [0, 0.05) is 6.54 Å². The second-order valence-corrected chi connectivity index (χ2v) is 5.05. The normalized spacial score (nSPS) is 10.4. The van der Waals surface area contributed by atoms with Crippen LogP contribution in [0, 0.1) is 0 Å². The molecule has 1 aromatic heterocycles. The van der Waals surface area contributed by atoms with Crippen molar-refractivity contribution in [2.24, 2.45) is 0 Å². The van der Waals surface area contributed by atoms with Crippen molar-refractivity contribution in [1.82, 2.24) is 15.0 Å². The number of unbranched alkanes of at least 4 members (excludes halogenated alkanes) is 3. The van der Waals surface area contributed by atoms with Crippen LogP contribution in [0.2, 0.25) is 0 Å². The number of thioether (sulfide) groups is 1. The van der Waals surface area contributed by atoms with Crippen LogP contribution < -0.4 is 15.8 Å². The van der Waals surface area contributed by atoms with Crippen molar-refractivity contribution in [2.75, 3.05) is 36.2 Å². The average molecular weight is 285 g/mol. The molecule has 0 amide bonds. The van der Waals surface area contributed by atoms with Gasteiger partial charge in [0.2, 0.25) is 11.9 Å². The van der Waals surface area contributed by atoms with E-state index in [1.807, 2.05) is 18.7 Å². The van der Waals surface area contributed by atoms with Crippen LogP contribution in [0.1, 0.15) is 32.6 Å². The van der Waals surface area contributed by atoms with Crippen LogP contribution in [0.25, 0.3) is 0 Å². The van der Waals surface area contributed by atoms with Gasteiger partial charge in [-0.3, -0.25) is 0 Å². The largest absolute Gasteiger partial charge is 0.464 e. The summed E-state index contributed by atoms with van der Waals surface area (Å²) in [5.74, 6) is 1.91. The van der Waals surface area contributed by atoms with Gasteiger partial charge in [-0.1, -0.05) is 12.8 Å². The fourth-order valence-corrected chi connectivity index (χ4v) is 2.06. The quantitative estimate of drug-likeness (QED) is 0.637. The van der Waals surface area contributed by atoms with E-state index >= 15 is 0 Å². The maximum absolute atomic E-state index is 5.59. The van der Waals surface area contributed by atoms with Crippen LogP contribution in [0.5, 0.6) is 6.01 Å². The van der Waals surface area contributed by atoms with E-state index in [9.17, 15) is 0 Å². The third-order valence-corrected chi connectivity index (χ3v) is 3.16. The Morgan fingerprint density at radius 2 is 1.95 bits per heavy atom. The van der Waals surface area contributed by atoms with E-state index in [2.05, 4.69) is 26.5 Å². The van der Waals surface area contributed by atoms with Crippen LogP contribution in [0.15, 0.2) is 0 Å². The highest BCUT2D eigenvalue weighted by Crippen LogP contribution is 2.09. The summed E-state index contributed by atoms with van der Waals surface area (Å²) in [7, 11) is 0. The van der Waals surface area contributed by atoms with Gasteiger partial charge in [0.15, 0.2) is 0 Å². The number of rotatable bonds is 10. The Morgan fingerprint density at radius 3 is 2.68 bits per heavy atom. The number of ether oxygens (including phenoxy) is 1. The number of aromatic nitrogens is 3. The summed E-state index contributed by atoms with van der Waals surface area (Å²) in [5.41, 5.74) is 5.59. The topological polar surface area (TPSA) is 86.0 Å². The minimum atomic E-state index is 0.181. The van der Waals surface area contributed by atoms with E-state index in [4.69, 9.17) is 10.5 Å². The Hall–Kier alpha value is -1.24. The Morgan fingerprint density at radius 1 is 1.16 bits per heavy atom. The highest BCUT2D eigenvalue weighted by atomic mass is 32.2. The summed E-state index contributed by atoms with van der Waals surface area (Å²) in [6.07, 6.45) is 7.01. The van der Waals surface area contributed by atoms with Gasteiger partial charge in [0.05, 0.1) is 6.61 Å². The number of hydrogen-bond donors (Lipinski definition) is 2. The molecule has 6 nitrogen and oxygen atoms in total. The molecule has 3 N–H and O–H groups in total. The Labute approximate surface area is 119 Å². The molecule has 0 atom stereocenters. The number of nitrogens with two attached hydrogens (primary N) is 1. The van der Waals surface area contributed by atoms with Gasteiger partial charge in [0.25, 0.3) is 0 Å². The van der Waals surface area contributed by atoms with Crippen molar-refractivity contribution in [3.63, 3.8) is 0 Å². The van der Waals surface area contributed by atoms with E-state index < -0.39 is 0 Å². The van der Waals surface area contributed by atoms with Gasteiger partial charge in [-0.05, 0) is 31.8 Å². The van der Waals surface area contributed by atoms with Gasteiger partial charge >= 0.3 is 6.01 Å². The molecule has 7 heteroatoms. The standard InChI is InChI=1S/C12H23N5OS/c1-3-18-12-16-10(13)15-11(17-12)14-8-6-4-5-7-9-19-2/h3-9H2,1-2H3,(H3,13,14,15,16,17). The minimum absolute atomic E-state index is 0.181. The molecule has 0 aliphatic carbocycles. The van der Waals surface area contributed by atoms with E-state index in [1.165, 1.54) is 25.0 Å². The summed E-state index contributed by atoms with van der Waals surface area (Å²) in [6, 6.07) is 0.275. The smallest absolute Gasteiger partial charge is 0.323 e. The van der Waals surface area contributed by atoms with Crippen LogP contribution in [0.4, 0.5) is 11.9 Å². The second kappa shape index (κ2) is 9.66. The number of nitrogens with one attached hydrogen (secondary N) is 1. The first-order chi connectivity index (χ1) is 9.26. The maximum Gasteiger partial charge on any atom is 0.323 e. The molecular weight excluding hydrogens is 262 g/mol. The van der Waals surface area contributed by atoms with Crippen molar-refractivity contribution >= 4 is 23.7 Å². The van der Waals surface area contributed by atoms with Crippen molar-refractivity contribution in [2.45, 2.75) is 32.6 Å². The van der Waals surface area contributed by atoms with Crippen molar-refractivity contribution in [3.05, 3.63) is 0 Å². The minimum Gasteiger partial charge on any atom is -0.464 e. The molecule has 0 unspecified atom stereocenters. The number of hydrogen-bond acceptors (Lipinski definition) is 7. The molecule has 0 spiro atoms. The Bertz CT molecular complexity index is 364. The lowest BCUT2D eigenvalue weighted by Crippen LogP contribution is -2.10. The fourth-order valence-electron chi connectivity index (χ4n) is 1.57. The molecule has 0 aromatic carbocycles. The van der Waals surface area contributed by atoms with Gasteiger partial charge in [0.1, 0.15) is 0 Å². The Balaban J connectivity index is 2.25. The van der Waals surface area contributed by atoms with Crippen molar-refractivity contribution < 1.29 is 4.74 Å². The summed E-state index contributed by atoms with van der Waals surface area (Å²) >= 11 is 1.90. The molecule has 1 rings (SSSR count). The third kappa shape index (κ3) is 7.05. The molecule has 0 saturated heterocycles. The zero-order valence-corrected chi connectivity index (χ0v) is 12.5. The average Bonchev–Trinajstić information content (AvgIpc) is 2.37. The van der Waals surface area contributed by atoms with E-state index in [0.29, 0.717) is 12.6 Å². The van der Waals surface area contributed by atoms with Crippen LogP contribution in [-0.2, 0) is 0 Å². The highest BCUT2D eigenvalue weighted by molar-refractivity contribution is 7.98. The van der Waals surface area contributed by atoms with E-state index in [1.54, 1.807) is 0 Å². The predicted molar refractivity (Wildman–Crippen MR) is 80.7 cm³/mol. The second-order valence-electron chi connectivity index (χ2n) is 4.07.